The second kappa shape index (κ2) is 6.42. The number of hydrogen-bond donors (Lipinski definition) is 2. The molecule has 0 spiro atoms. The highest BCUT2D eigenvalue weighted by atomic mass is 16.4. The first kappa shape index (κ1) is 14.5. The summed E-state index contributed by atoms with van der Waals surface area (Å²) < 4.78 is 0. The molecule has 0 aromatic carbocycles. The molecule has 1 atom stereocenters. The van der Waals surface area contributed by atoms with Crippen LogP contribution in [0.5, 0.6) is 0 Å². The summed E-state index contributed by atoms with van der Waals surface area (Å²) in [5, 5.41) is 12.1. The number of likely N-dealkylation sites (tertiary alicyclic amines) is 1. The molecule has 2 amide bonds. The van der Waals surface area contributed by atoms with Gasteiger partial charge in [-0.25, -0.2) is 4.79 Å². The Balaban J connectivity index is 2.55. The van der Waals surface area contributed by atoms with Gasteiger partial charge in [-0.3, -0.25) is 4.79 Å². The van der Waals surface area contributed by atoms with Gasteiger partial charge in [0, 0.05) is 19.6 Å². The SMILES string of the molecule is C=CCCNC(=O)N1CCC(CCC)(C(=O)O)C1. The molecule has 2 N–H and O–H groups in total. The zero-order valence-corrected chi connectivity index (χ0v) is 10.9. The van der Waals surface area contributed by atoms with E-state index in [-0.39, 0.29) is 6.03 Å². The fraction of sp³-hybridized carbons (Fsp3) is 0.692. The van der Waals surface area contributed by atoms with E-state index in [0.29, 0.717) is 32.5 Å². The number of carboxylic acid groups (broad SMARTS) is 1. The minimum absolute atomic E-state index is 0.170. The largest absolute Gasteiger partial charge is 0.481 e. The molecule has 1 saturated heterocycles. The van der Waals surface area contributed by atoms with E-state index in [0.717, 1.165) is 12.8 Å². The summed E-state index contributed by atoms with van der Waals surface area (Å²) in [6.45, 7) is 6.94. The van der Waals surface area contributed by atoms with Crippen molar-refractivity contribution < 1.29 is 14.7 Å². The summed E-state index contributed by atoms with van der Waals surface area (Å²) in [7, 11) is 0. The van der Waals surface area contributed by atoms with Crippen LogP contribution in [0.15, 0.2) is 12.7 Å². The van der Waals surface area contributed by atoms with E-state index >= 15 is 0 Å². The van der Waals surface area contributed by atoms with Gasteiger partial charge in [-0.15, -0.1) is 6.58 Å². The molecular weight excluding hydrogens is 232 g/mol. The first-order valence-corrected chi connectivity index (χ1v) is 6.43. The molecule has 18 heavy (non-hydrogen) atoms. The van der Waals surface area contributed by atoms with Crippen LogP contribution >= 0.6 is 0 Å². The summed E-state index contributed by atoms with van der Waals surface area (Å²) in [4.78, 5) is 24.8. The highest BCUT2D eigenvalue weighted by Gasteiger charge is 2.45. The summed E-state index contributed by atoms with van der Waals surface area (Å²) in [6, 6.07) is -0.170. The number of urea groups is 1. The molecule has 5 nitrogen and oxygen atoms in total. The van der Waals surface area contributed by atoms with Crippen molar-refractivity contribution in [2.24, 2.45) is 5.41 Å². The number of rotatable bonds is 6. The Hall–Kier alpha value is -1.52. The molecule has 0 bridgehead atoms. The number of carbonyl (C=O) groups is 2. The number of carbonyl (C=O) groups excluding carboxylic acids is 1. The molecule has 0 radical (unpaired) electrons. The van der Waals surface area contributed by atoms with Crippen molar-refractivity contribution in [3.63, 3.8) is 0 Å². The lowest BCUT2D eigenvalue weighted by atomic mass is 9.83. The molecule has 5 heteroatoms. The van der Waals surface area contributed by atoms with Crippen LogP contribution < -0.4 is 5.32 Å². The van der Waals surface area contributed by atoms with Crippen molar-refractivity contribution in [1.82, 2.24) is 10.2 Å². The maximum absolute atomic E-state index is 11.8. The number of amides is 2. The topological polar surface area (TPSA) is 69.6 Å². The average molecular weight is 254 g/mol. The standard InChI is InChI=1S/C13H22N2O3/c1-3-5-8-14-12(18)15-9-7-13(10-15,6-4-2)11(16)17/h3H,1,4-10H2,2H3,(H,14,18)(H,16,17). The van der Waals surface area contributed by atoms with Crippen LogP contribution in [0.3, 0.4) is 0 Å². The number of carboxylic acids is 1. The van der Waals surface area contributed by atoms with Crippen molar-refractivity contribution in [1.29, 1.82) is 0 Å². The summed E-state index contributed by atoms with van der Waals surface area (Å²) in [5.74, 6) is -0.786. The van der Waals surface area contributed by atoms with Crippen molar-refractivity contribution in [2.45, 2.75) is 32.6 Å². The smallest absolute Gasteiger partial charge is 0.317 e. The van der Waals surface area contributed by atoms with E-state index in [1.54, 1.807) is 11.0 Å². The van der Waals surface area contributed by atoms with Gasteiger partial charge in [0.15, 0.2) is 0 Å². The molecule has 1 heterocycles. The Kier molecular flexibility index (Phi) is 5.19. The van der Waals surface area contributed by atoms with Crippen LogP contribution in [-0.4, -0.2) is 41.6 Å². The van der Waals surface area contributed by atoms with Crippen molar-refractivity contribution in [3.8, 4) is 0 Å². The third-order valence-electron chi connectivity index (χ3n) is 3.45. The molecule has 1 unspecified atom stereocenters. The monoisotopic (exact) mass is 254 g/mol. The van der Waals surface area contributed by atoms with Gasteiger partial charge in [-0.05, 0) is 19.3 Å². The molecule has 1 aliphatic heterocycles. The lowest BCUT2D eigenvalue weighted by molar-refractivity contribution is -0.148. The third kappa shape index (κ3) is 3.24. The van der Waals surface area contributed by atoms with Crippen LogP contribution in [0.1, 0.15) is 32.6 Å². The van der Waals surface area contributed by atoms with Crippen LogP contribution in [0.25, 0.3) is 0 Å². The Morgan fingerprint density at radius 2 is 2.28 bits per heavy atom. The lowest BCUT2D eigenvalue weighted by Gasteiger charge is -2.24. The molecule has 1 fully saturated rings. The maximum atomic E-state index is 11.8. The first-order chi connectivity index (χ1) is 8.55. The van der Waals surface area contributed by atoms with Gasteiger partial charge in [0.2, 0.25) is 0 Å². The second-order valence-electron chi connectivity index (χ2n) is 4.82. The van der Waals surface area contributed by atoms with Gasteiger partial charge in [0.25, 0.3) is 0 Å². The number of nitrogens with one attached hydrogen (secondary N) is 1. The molecular formula is C13H22N2O3. The van der Waals surface area contributed by atoms with Crippen LogP contribution in [-0.2, 0) is 4.79 Å². The summed E-state index contributed by atoms with van der Waals surface area (Å²) >= 11 is 0. The number of hydrogen-bond acceptors (Lipinski definition) is 2. The fourth-order valence-corrected chi connectivity index (χ4v) is 2.40. The van der Waals surface area contributed by atoms with E-state index in [2.05, 4.69) is 11.9 Å². The van der Waals surface area contributed by atoms with Crippen LogP contribution in [0.4, 0.5) is 4.79 Å². The minimum atomic E-state index is -0.786. The van der Waals surface area contributed by atoms with Crippen molar-refractivity contribution >= 4 is 12.0 Å². The normalized spacial score (nSPS) is 22.8. The van der Waals surface area contributed by atoms with Gasteiger partial charge in [0.05, 0.1) is 5.41 Å². The third-order valence-corrected chi connectivity index (χ3v) is 3.45. The second-order valence-corrected chi connectivity index (χ2v) is 4.82. The molecule has 1 aliphatic rings. The van der Waals surface area contributed by atoms with E-state index in [9.17, 15) is 14.7 Å². The predicted octanol–water partition coefficient (Wildman–Crippen LogP) is 1.85. The first-order valence-electron chi connectivity index (χ1n) is 6.43. The lowest BCUT2D eigenvalue weighted by Crippen LogP contribution is -2.42. The Morgan fingerprint density at radius 1 is 1.56 bits per heavy atom. The van der Waals surface area contributed by atoms with Gasteiger partial charge in [-0.2, -0.15) is 0 Å². The maximum Gasteiger partial charge on any atom is 0.317 e. The Morgan fingerprint density at radius 3 is 2.83 bits per heavy atom. The van der Waals surface area contributed by atoms with E-state index < -0.39 is 11.4 Å². The van der Waals surface area contributed by atoms with Gasteiger partial charge in [0.1, 0.15) is 0 Å². The van der Waals surface area contributed by atoms with Crippen molar-refractivity contribution in [2.75, 3.05) is 19.6 Å². The number of aliphatic carboxylic acids is 1. The van der Waals surface area contributed by atoms with Gasteiger partial charge < -0.3 is 15.3 Å². The molecule has 102 valence electrons. The van der Waals surface area contributed by atoms with Crippen LogP contribution in [0, 0.1) is 5.41 Å². The zero-order valence-electron chi connectivity index (χ0n) is 10.9. The molecule has 1 rings (SSSR count). The quantitative estimate of drug-likeness (QED) is 0.561. The molecule has 0 saturated carbocycles. The fourth-order valence-electron chi connectivity index (χ4n) is 2.40. The highest BCUT2D eigenvalue weighted by Crippen LogP contribution is 2.35. The Labute approximate surface area is 108 Å². The van der Waals surface area contributed by atoms with E-state index in [4.69, 9.17) is 0 Å². The summed E-state index contributed by atoms with van der Waals surface area (Å²) in [5.41, 5.74) is -0.746. The highest BCUT2D eigenvalue weighted by molar-refractivity contribution is 5.79. The van der Waals surface area contributed by atoms with Crippen molar-refractivity contribution in [3.05, 3.63) is 12.7 Å². The molecule has 0 aromatic rings. The molecule has 0 aliphatic carbocycles. The van der Waals surface area contributed by atoms with E-state index in [1.165, 1.54) is 0 Å². The predicted molar refractivity (Wildman–Crippen MR) is 69.4 cm³/mol. The summed E-state index contributed by atoms with van der Waals surface area (Å²) in [6.07, 6.45) is 4.45. The van der Waals surface area contributed by atoms with Gasteiger partial charge >= 0.3 is 12.0 Å². The average Bonchev–Trinajstić information content (AvgIpc) is 2.75. The minimum Gasteiger partial charge on any atom is -0.481 e. The zero-order chi connectivity index (χ0) is 13.6. The molecule has 0 aromatic heterocycles. The van der Waals surface area contributed by atoms with E-state index in [1.807, 2.05) is 6.92 Å². The Bertz CT molecular complexity index is 330. The van der Waals surface area contributed by atoms with Gasteiger partial charge in [-0.1, -0.05) is 19.4 Å². The van der Waals surface area contributed by atoms with Crippen LogP contribution in [0.2, 0.25) is 0 Å². The number of nitrogens with zero attached hydrogens (tertiary/aromatic N) is 1.